The summed E-state index contributed by atoms with van der Waals surface area (Å²) in [7, 11) is -0.919. The van der Waals surface area contributed by atoms with Crippen molar-refractivity contribution in [3.8, 4) is 11.5 Å². The van der Waals surface area contributed by atoms with Gasteiger partial charge >= 0.3 is 0 Å². The molecule has 0 bridgehead atoms. The van der Waals surface area contributed by atoms with E-state index in [9.17, 15) is 8.42 Å². The van der Waals surface area contributed by atoms with Crippen LogP contribution in [0.4, 0.5) is 5.69 Å². The predicted molar refractivity (Wildman–Crippen MR) is 94.0 cm³/mol. The summed E-state index contributed by atoms with van der Waals surface area (Å²) in [6, 6.07) is 8.37. The van der Waals surface area contributed by atoms with Gasteiger partial charge in [0.2, 0.25) is 0 Å². The number of benzene rings is 2. The smallest absolute Gasteiger partial charge is 0.265 e. The number of aryl methyl sites for hydroxylation is 2. The third-order valence-electron chi connectivity index (χ3n) is 3.49. The Hall–Kier alpha value is -1.73. The first-order valence-corrected chi connectivity index (χ1v) is 9.07. The SMILES string of the molecule is COc1cc(S(=O)(=O)Nc2ccc(C)c(C)c2)c(OC)cc1Br. The van der Waals surface area contributed by atoms with Crippen LogP contribution in [-0.2, 0) is 10.0 Å². The molecule has 0 aromatic heterocycles. The van der Waals surface area contributed by atoms with E-state index >= 15 is 0 Å². The first-order valence-electron chi connectivity index (χ1n) is 6.80. The van der Waals surface area contributed by atoms with Crippen LogP contribution in [0, 0.1) is 13.8 Å². The maximum atomic E-state index is 12.7. The zero-order chi connectivity index (χ0) is 17.2. The van der Waals surface area contributed by atoms with Crippen molar-refractivity contribution >= 4 is 31.6 Å². The van der Waals surface area contributed by atoms with Gasteiger partial charge in [-0.1, -0.05) is 6.07 Å². The van der Waals surface area contributed by atoms with Crippen molar-refractivity contribution in [1.82, 2.24) is 0 Å². The third-order valence-corrected chi connectivity index (χ3v) is 5.51. The number of halogens is 1. The summed E-state index contributed by atoms with van der Waals surface area (Å²) < 4.78 is 38.9. The lowest BCUT2D eigenvalue weighted by atomic mass is 10.1. The first-order chi connectivity index (χ1) is 10.8. The Morgan fingerprint density at radius 3 is 2.17 bits per heavy atom. The molecule has 23 heavy (non-hydrogen) atoms. The number of sulfonamides is 1. The average molecular weight is 400 g/mol. The van der Waals surface area contributed by atoms with Crippen LogP contribution < -0.4 is 14.2 Å². The van der Waals surface area contributed by atoms with Crippen LogP contribution in [0.2, 0.25) is 0 Å². The van der Waals surface area contributed by atoms with Gasteiger partial charge in [0.1, 0.15) is 16.4 Å². The summed E-state index contributed by atoms with van der Waals surface area (Å²) >= 11 is 3.31. The van der Waals surface area contributed by atoms with Crippen molar-refractivity contribution in [1.29, 1.82) is 0 Å². The molecule has 2 aromatic carbocycles. The fourth-order valence-corrected chi connectivity index (χ4v) is 3.76. The van der Waals surface area contributed by atoms with Crippen LogP contribution in [0.1, 0.15) is 11.1 Å². The molecule has 0 unspecified atom stereocenters. The van der Waals surface area contributed by atoms with Crippen LogP contribution in [0.25, 0.3) is 0 Å². The zero-order valence-corrected chi connectivity index (χ0v) is 15.7. The Labute approximate surface area is 144 Å². The van der Waals surface area contributed by atoms with E-state index in [1.165, 1.54) is 20.3 Å². The molecule has 0 atom stereocenters. The molecule has 0 aliphatic heterocycles. The highest BCUT2D eigenvalue weighted by molar-refractivity contribution is 9.10. The van der Waals surface area contributed by atoms with E-state index in [0.717, 1.165) is 11.1 Å². The highest BCUT2D eigenvalue weighted by Crippen LogP contribution is 2.36. The Kier molecular flexibility index (Phi) is 5.21. The lowest BCUT2D eigenvalue weighted by Gasteiger charge is -2.14. The maximum Gasteiger partial charge on any atom is 0.265 e. The Balaban J connectivity index is 2.48. The van der Waals surface area contributed by atoms with Crippen LogP contribution >= 0.6 is 15.9 Å². The molecule has 2 aromatic rings. The van der Waals surface area contributed by atoms with Gasteiger partial charge in [-0.2, -0.15) is 0 Å². The molecule has 0 amide bonds. The van der Waals surface area contributed by atoms with Crippen LogP contribution in [-0.4, -0.2) is 22.6 Å². The first kappa shape index (κ1) is 17.6. The molecule has 2 rings (SSSR count). The van der Waals surface area contributed by atoms with E-state index in [-0.39, 0.29) is 10.6 Å². The van der Waals surface area contributed by atoms with E-state index in [1.807, 2.05) is 19.9 Å². The summed E-state index contributed by atoms with van der Waals surface area (Å²) in [4.78, 5) is 0.0123. The molecule has 0 aliphatic carbocycles. The van der Waals surface area contributed by atoms with Gasteiger partial charge < -0.3 is 9.47 Å². The maximum absolute atomic E-state index is 12.7. The van der Waals surface area contributed by atoms with E-state index in [0.29, 0.717) is 15.9 Å². The monoisotopic (exact) mass is 399 g/mol. The largest absolute Gasteiger partial charge is 0.496 e. The highest BCUT2D eigenvalue weighted by atomic mass is 79.9. The highest BCUT2D eigenvalue weighted by Gasteiger charge is 2.22. The van der Waals surface area contributed by atoms with Crippen molar-refractivity contribution in [3.05, 3.63) is 45.9 Å². The molecule has 124 valence electrons. The van der Waals surface area contributed by atoms with E-state index in [4.69, 9.17) is 9.47 Å². The second-order valence-electron chi connectivity index (χ2n) is 5.04. The molecule has 7 heteroatoms. The lowest BCUT2D eigenvalue weighted by Crippen LogP contribution is -2.14. The minimum atomic E-state index is -3.81. The van der Waals surface area contributed by atoms with Crippen LogP contribution in [0.15, 0.2) is 39.7 Å². The van der Waals surface area contributed by atoms with Gasteiger partial charge in [-0.05, 0) is 59.1 Å². The molecular formula is C16H18BrNO4S. The van der Waals surface area contributed by atoms with Gasteiger partial charge in [-0.3, -0.25) is 4.72 Å². The Morgan fingerprint density at radius 2 is 1.61 bits per heavy atom. The van der Waals surface area contributed by atoms with Gasteiger partial charge in [-0.25, -0.2) is 8.42 Å². The number of hydrogen-bond donors (Lipinski definition) is 1. The average Bonchev–Trinajstić information content (AvgIpc) is 2.50. The minimum Gasteiger partial charge on any atom is -0.496 e. The summed E-state index contributed by atoms with van der Waals surface area (Å²) in [6.45, 7) is 3.90. The number of nitrogens with one attached hydrogen (secondary N) is 1. The normalized spacial score (nSPS) is 11.2. The fourth-order valence-electron chi connectivity index (χ4n) is 2.06. The van der Waals surface area contributed by atoms with Crippen molar-refractivity contribution < 1.29 is 17.9 Å². The van der Waals surface area contributed by atoms with Gasteiger partial charge in [-0.15, -0.1) is 0 Å². The van der Waals surface area contributed by atoms with Crippen LogP contribution in [0.3, 0.4) is 0 Å². The number of hydrogen-bond acceptors (Lipinski definition) is 4. The minimum absolute atomic E-state index is 0.0123. The molecule has 0 fully saturated rings. The van der Waals surface area contributed by atoms with Gasteiger partial charge in [0.05, 0.1) is 18.7 Å². The molecule has 0 saturated heterocycles. The summed E-state index contributed by atoms with van der Waals surface area (Å²) in [5, 5.41) is 0. The van der Waals surface area contributed by atoms with E-state index in [2.05, 4.69) is 20.7 Å². The summed E-state index contributed by atoms with van der Waals surface area (Å²) in [5.74, 6) is 0.639. The second-order valence-corrected chi connectivity index (χ2v) is 7.55. The van der Waals surface area contributed by atoms with E-state index < -0.39 is 10.0 Å². The fraction of sp³-hybridized carbons (Fsp3) is 0.250. The number of ether oxygens (including phenoxy) is 2. The lowest BCUT2D eigenvalue weighted by molar-refractivity contribution is 0.390. The molecule has 0 saturated carbocycles. The quantitative estimate of drug-likeness (QED) is 0.827. The standard InChI is InChI=1S/C16H18BrNO4S/c1-10-5-6-12(7-11(10)2)18-23(19,20)16-9-14(21-3)13(17)8-15(16)22-4/h5-9,18H,1-4H3. The Morgan fingerprint density at radius 1 is 0.957 bits per heavy atom. The second kappa shape index (κ2) is 6.80. The van der Waals surface area contributed by atoms with Crippen LogP contribution in [0.5, 0.6) is 11.5 Å². The number of methoxy groups -OCH3 is 2. The third kappa shape index (κ3) is 3.79. The molecule has 0 radical (unpaired) electrons. The number of rotatable bonds is 5. The molecule has 5 nitrogen and oxygen atoms in total. The summed E-state index contributed by atoms with van der Waals surface area (Å²) in [5.41, 5.74) is 2.60. The van der Waals surface area contributed by atoms with E-state index in [1.54, 1.807) is 18.2 Å². The predicted octanol–water partition coefficient (Wildman–Crippen LogP) is 3.88. The van der Waals surface area contributed by atoms with Crippen molar-refractivity contribution in [2.75, 3.05) is 18.9 Å². The summed E-state index contributed by atoms with van der Waals surface area (Å²) in [6.07, 6.45) is 0. The molecule has 0 heterocycles. The number of anilines is 1. The van der Waals surface area contributed by atoms with Gasteiger partial charge in [0.25, 0.3) is 10.0 Å². The molecule has 1 N–H and O–H groups in total. The van der Waals surface area contributed by atoms with Gasteiger partial charge in [0.15, 0.2) is 0 Å². The zero-order valence-electron chi connectivity index (χ0n) is 13.3. The molecular weight excluding hydrogens is 382 g/mol. The van der Waals surface area contributed by atoms with Crippen molar-refractivity contribution in [2.24, 2.45) is 0 Å². The van der Waals surface area contributed by atoms with Crippen molar-refractivity contribution in [3.63, 3.8) is 0 Å². The molecule has 0 spiro atoms. The Bertz CT molecular complexity index is 834. The topological polar surface area (TPSA) is 64.6 Å². The van der Waals surface area contributed by atoms with Crippen molar-refractivity contribution in [2.45, 2.75) is 18.7 Å². The van der Waals surface area contributed by atoms with Gasteiger partial charge in [0, 0.05) is 11.8 Å². The molecule has 0 aliphatic rings.